The molecule has 19 heavy (non-hydrogen) atoms. The van der Waals surface area contributed by atoms with E-state index in [4.69, 9.17) is 9.52 Å². The molecule has 100 valence electrons. The maximum atomic E-state index is 11.1. The van der Waals surface area contributed by atoms with Gasteiger partial charge in [-0.15, -0.1) is 10.2 Å². The first-order chi connectivity index (χ1) is 9.11. The molecule has 0 bridgehead atoms. The molecule has 5 heteroatoms. The van der Waals surface area contributed by atoms with Crippen LogP contribution in [0.1, 0.15) is 36.5 Å². The number of aromatic nitrogens is 2. The zero-order valence-electron chi connectivity index (χ0n) is 11.0. The van der Waals surface area contributed by atoms with Crippen molar-refractivity contribution in [1.29, 1.82) is 0 Å². The van der Waals surface area contributed by atoms with Crippen molar-refractivity contribution < 1.29 is 14.3 Å². The van der Waals surface area contributed by atoms with Crippen LogP contribution in [0.3, 0.4) is 0 Å². The van der Waals surface area contributed by atoms with Gasteiger partial charge in [-0.05, 0) is 18.1 Å². The Morgan fingerprint density at radius 3 is 2.79 bits per heavy atom. The van der Waals surface area contributed by atoms with Crippen LogP contribution in [0.5, 0.6) is 0 Å². The van der Waals surface area contributed by atoms with E-state index in [1.165, 1.54) is 6.07 Å². The van der Waals surface area contributed by atoms with Gasteiger partial charge in [0.2, 0.25) is 11.8 Å². The summed E-state index contributed by atoms with van der Waals surface area (Å²) in [6.45, 7) is 4.21. The molecule has 0 saturated carbocycles. The molecule has 0 radical (unpaired) electrons. The normalized spacial score (nSPS) is 12.3. The summed E-state index contributed by atoms with van der Waals surface area (Å²) in [5, 5.41) is 17.0. The van der Waals surface area contributed by atoms with Gasteiger partial charge in [-0.1, -0.05) is 32.4 Å². The fraction of sp³-hybridized carbons (Fsp3) is 0.357. The molecule has 0 aliphatic heterocycles. The summed E-state index contributed by atoms with van der Waals surface area (Å²) < 4.78 is 5.55. The average Bonchev–Trinajstić information content (AvgIpc) is 2.86. The smallest absolute Gasteiger partial charge is 0.336 e. The molecule has 1 heterocycles. The minimum absolute atomic E-state index is 0.168. The maximum absolute atomic E-state index is 11.1. The Morgan fingerprint density at radius 2 is 2.11 bits per heavy atom. The fourth-order valence-electron chi connectivity index (χ4n) is 1.74. The molecule has 1 aromatic heterocycles. The van der Waals surface area contributed by atoms with Gasteiger partial charge in [0.05, 0.1) is 11.1 Å². The number of rotatable bonds is 5. The third kappa shape index (κ3) is 2.99. The summed E-state index contributed by atoms with van der Waals surface area (Å²) >= 11 is 0. The summed E-state index contributed by atoms with van der Waals surface area (Å²) in [5.74, 6) is 0.265. The Bertz CT molecular complexity index is 578. The van der Waals surface area contributed by atoms with Crippen molar-refractivity contribution >= 4 is 5.97 Å². The van der Waals surface area contributed by atoms with E-state index in [1.807, 2.05) is 0 Å². The third-order valence-corrected chi connectivity index (χ3v) is 3.07. The van der Waals surface area contributed by atoms with Gasteiger partial charge in [-0.2, -0.15) is 0 Å². The molecule has 5 nitrogen and oxygen atoms in total. The summed E-state index contributed by atoms with van der Waals surface area (Å²) in [6, 6.07) is 6.61. The number of carboxylic acid groups (broad SMARTS) is 1. The second-order valence-electron chi connectivity index (χ2n) is 4.57. The van der Waals surface area contributed by atoms with Crippen molar-refractivity contribution in [3.63, 3.8) is 0 Å². The molecule has 1 aromatic carbocycles. The molecule has 1 N–H and O–H groups in total. The quantitative estimate of drug-likeness (QED) is 0.894. The number of aromatic carboxylic acids is 1. The Hall–Kier alpha value is -2.17. The second kappa shape index (κ2) is 5.65. The Morgan fingerprint density at radius 1 is 1.37 bits per heavy atom. The number of carbonyl (C=O) groups is 1. The zero-order valence-corrected chi connectivity index (χ0v) is 11.0. The fourth-order valence-corrected chi connectivity index (χ4v) is 1.74. The van der Waals surface area contributed by atoms with E-state index in [1.54, 1.807) is 18.2 Å². The van der Waals surface area contributed by atoms with Crippen molar-refractivity contribution in [2.24, 2.45) is 5.92 Å². The van der Waals surface area contributed by atoms with Crippen molar-refractivity contribution in [1.82, 2.24) is 10.2 Å². The number of carboxylic acids is 1. The first kappa shape index (κ1) is 13.3. The Balaban J connectivity index is 2.30. The van der Waals surface area contributed by atoms with Crippen molar-refractivity contribution in [2.45, 2.75) is 26.7 Å². The van der Waals surface area contributed by atoms with Crippen LogP contribution in [0.2, 0.25) is 0 Å². The highest BCUT2D eigenvalue weighted by atomic mass is 16.4. The van der Waals surface area contributed by atoms with Gasteiger partial charge < -0.3 is 9.52 Å². The van der Waals surface area contributed by atoms with Crippen LogP contribution in [-0.2, 0) is 6.42 Å². The second-order valence-corrected chi connectivity index (χ2v) is 4.57. The van der Waals surface area contributed by atoms with Crippen molar-refractivity contribution in [2.75, 3.05) is 0 Å². The van der Waals surface area contributed by atoms with Crippen LogP contribution in [0.15, 0.2) is 28.7 Å². The molecule has 1 atom stereocenters. The molecular formula is C14H16N2O3. The molecule has 0 saturated heterocycles. The lowest BCUT2D eigenvalue weighted by Crippen LogP contribution is -1.99. The number of hydrogen-bond donors (Lipinski definition) is 1. The molecule has 0 spiro atoms. The van der Waals surface area contributed by atoms with E-state index in [-0.39, 0.29) is 11.5 Å². The van der Waals surface area contributed by atoms with Gasteiger partial charge in [0.25, 0.3) is 0 Å². The first-order valence-electron chi connectivity index (χ1n) is 6.27. The minimum atomic E-state index is -1.00. The Labute approximate surface area is 111 Å². The highest BCUT2D eigenvalue weighted by molar-refractivity contribution is 5.94. The standard InChI is InChI=1S/C14H16N2O3/c1-3-9(2)8-12-15-16-13(19-12)10-6-4-5-7-11(10)14(17)18/h4-7,9H,3,8H2,1-2H3,(H,17,18). The molecule has 2 aromatic rings. The zero-order chi connectivity index (χ0) is 13.8. The predicted molar refractivity (Wildman–Crippen MR) is 69.9 cm³/mol. The van der Waals surface area contributed by atoms with E-state index in [0.717, 1.165) is 6.42 Å². The lowest BCUT2D eigenvalue weighted by atomic mass is 10.1. The first-order valence-corrected chi connectivity index (χ1v) is 6.27. The summed E-state index contributed by atoms with van der Waals surface area (Å²) in [6.07, 6.45) is 1.74. The monoisotopic (exact) mass is 260 g/mol. The van der Waals surface area contributed by atoms with Crippen LogP contribution < -0.4 is 0 Å². The van der Waals surface area contributed by atoms with E-state index in [2.05, 4.69) is 24.0 Å². The summed E-state index contributed by atoms with van der Waals surface area (Å²) in [5.41, 5.74) is 0.624. The van der Waals surface area contributed by atoms with E-state index < -0.39 is 5.97 Å². The number of nitrogens with zero attached hydrogens (tertiary/aromatic N) is 2. The summed E-state index contributed by atoms with van der Waals surface area (Å²) in [7, 11) is 0. The predicted octanol–water partition coefficient (Wildman–Crippen LogP) is 3.02. The minimum Gasteiger partial charge on any atom is -0.478 e. The lowest BCUT2D eigenvalue weighted by molar-refractivity contribution is 0.0697. The van der Waals surface area contributed by atoms with Gasteiger partial charge in [0.15, 0.2) is 0 Å². The van der Waals surface area contributed by atoms with E-state index in [9.17, 15) is 4.79 Å². The van der Waals surface area contributed by atoms with Crippen LogP contribution in [0.4, 0.5) is 0 Å². The summed E-state index contributed by atoms with van der Waals surface area (Å²) in [4.78, 5) is 11.1. The van der Waals surface area contributed by atoms with Crippen LogP contribution in [0, 0.1) is 5.92 Å². The van der Waals surface area contributed by atoms with E-state index in [0.29, 0.717) is 23.8 Å². The van der Waals surface area contributed by atoms with Crippen LogP contribution >= 0.6 is 0 Å². The highest BCUT2D eigenvalue weighted by Gasteiger charge is 2.17. The van der Waals surface area contributed by atoms with Crippen LogP contribution in [0.25, 0.3) is 11.5 Å². The van der Waals surface area contributed by atoms with Gasteiger partial charge >= 0.3 is 5.97 Å². The molecule has 0 fully saturated rings. The SMILES string of the molecule is CCC(C)Cc1nnc(-c2ccccc2C(=O)O)o1. The number of hydrogen-bond acceptors (Lipinski definition) is 4. The molecule has 1 unspecified atom stereocenters. The third-order valence-electron chi connectivity index (χ3n) is 3.07. The highest BCUT2D eigenvalue weighted by Crippen LogP contribution is 2.23. The molecule has 0 amide bonds. The average molecular weight is 260 g/mol. The molecule has 2 rings (SSSR count). The topological polar surface area (TPSA) is 76.2 Å². The van der Waals surface area contributed by atoms with Gasteiger partial charge in [-0.25, -0.2) is 4.79 Å². The Kier molecular flexibility index (Phi) is 3.94. The van der Waals surface area contributed by atoms with Crippen molar-refractivity contribution in [3.05, 3.63) is 35.7 Å². The number of benzene rings is 1. The lowest BCUT2D eigenvalue weighted by Gasteiger charge is -2.03. The molecule has 0 aliphatic rings. The largest absolute Gasteiger partial charge is 0.478 e. The van der Waals surface area contributed by atoms with Crippen LogP contribution in [-0.4, -0.2) is 21.3 Å². The maximum Gasteiger partial charge on any atom is 0.336 e. The van der Waals surface area contributed by atoms with Crippen molar-refractivity contribution in [3.8, 4) is 11.5 Å². The molecule has 0 aliphatic carbocycles. The van der Waals surface area contributed by atoms with E-state index >= 15 is 0 Å². The van der Waals surface area contributed by atoms with Gasteiger partial charge in [-0.3, -0.25) is 0 Å². The van der Waals surface area contributed by atoms with Gasteiger partial charge in [0, 0.05) is 6.42 Å². The van der Waals surface area contributed by atoms with Gasteiger partial charge in [0.1, 0.15) is 0 Å². The molecular weight excluding hydrogens is 244 g/mol.